The van der Waals surface area contributed by atoms with Crippen LogP contribution in [0.4, 0.5) is 10.2 Å². The lowest BCUT2D eigenvalue weighted by atomic mass is 10.0. The van der Waals surface area contributed by atoms with Gasteiger partial charge in [0.25, 0.3) is 0 Å². The first kappa shape index (κ1) is 14.4. The standard InChI is InChI=1S/C14H13ClFN3O/c1-2-3-8-4-5-9(15)12(13(8)16)14(20)10-6-7-11(17)19-18-10/h4-7H,2-3H2,1H3,(H2,17,19). The number of nitrogens with zero attached hydrogens (tertiary/aromatic N) is 2. The van der Waals surface area contributed by atoms with Crippen molar-refractivity contribution in [3.63, 3.8) is 0 Å². The summed E-state index contributed by atoms with van der Waals surface area (Å²) in [6, 6.07) is 5.94. The molecule has 2 aromatic rings. The summed E-state index contributed by atoms with van der Waals surface area (Å²) in [6.45, 7) is 1.93. The van der Waals surface area contributed by atoms with Gasteiger partial charge in [0, 0.05) is 0 Å². The molecule has 0 aliphatic carbocycles. The highest BCUT2D eigenvalue weighted by atomic mass is 35.5. The second-order valence-corrected chi connectivity index (χ2v) is 4.73. The van der Waals surface area contributed by atoms with Crippen molar-refractivity contribution < 1.29 is 9.18 Å². The maximum absolute atomic E-state index is 14.4. The van der Waals surface area contributed by atoms with Crippen LogP contribution < -0.4 is 5.73 Å². The third-order valence-electron chi connectivity index (χ3n) is 2.84. The van der Waals surface area contributed by atoms with Crippen LogP contribution in [0.25, 0.3) is 0 Å². The number of aryl methyl sites for hydroxylation is 1. The van der Waals surface area contributed by atoms with E-state index in [4.69, 9.17) is 17.3 Å². The summed E-state index contributed by atoms with van der Waals surface area (Å²) in [4.78, 5) is 12.3. The molecule has 0 saturated heterocycles. The van der Waals surface area contributed by atoms with Crippen molar-refractivity contribution in [2.24, 2.45) is 0 Å². The molecular formula is C14H13ClFN3O. The Morgan fingerprint density at radius 1 is 1.30 bits per heavy atom. The molecule has 4 nitrogen and oxygen atoms in total. The van der Waals surface area contributed by atoms with Gasteiger partial charge in [0.1, 0.15) is 17.3 Å². The number of benzene rings is 1. The van der Waals surface area contributed by atoms with Gasteiger partial charge in [-0.1, -0.05) is 31.0 Å². The summed E-state index contributed by atoms with van der Waals surface area (Å²) >= 11 is 5.94. The predicted molar refractivity (Wildman–Crippen MR) is 75.3 cm³/mol. The number of aromatic nitrogens is 2. The van der Waals surface area contributed by atoms with E-state index in [0.29, 0.717) is 12.0 Å². The van der Waals surface area contributed by atoms with E-state index in [-0.39, 0.29) is 22.1 Å². The summed E-state index contributed by atoms with van der Waals surface area (Å²) in [5, 5.41) is 7.31. The maximum Gasteiger partial charge on any atom is 0.217 e. The first-order valence-corrected chi connectivity index (χ1v) is 6.53. The zero-order valence-corrected chi connectivity index (χ0v) is 11.6. The molecule has 0 bridgehead atoms. The van der Waals surface area contributed by atoms with Crippen molar-refractivity contribution in [2.75, 3.05) is 5.73 Å². The molecule has 1 heterocycles. The van der Waals surface area contributed by atoms with Crippen molar-refractivity contribution >= 4 is 23.2 Å². The number of anilines is 1. The predicted octanol–water partition coefficient (Wildman–Crippen LogP) is 3.03. The number of carbonyl (C=O) groups excluding carboxylic acids is 1. The number of nitrogens with two attached hydrogens (primary N) is 1. The lowest BCUT2D eigenvalue weighted by molar-refractivity contribution is 0.102. The third-order valence-corrected chi connectivity index (χ3v) is 3.15. The van der Waals surface area contributed by atoms with Crippen LogP contribution in [0.2, 0.25) is 5.02 Å². The van der Waals surface area contributed by atoms with Crippen LogP contribution >= 0.6 is 11.6 Å². The number of halogens is 2. The Morgan fingerprint density at radius 2 is 2.05 bits per heavy atom. The molecule has 6 heteroatoms. The third kappa shape index (κ3) is 2.77. The fourth-order valence-corrected chi connectivity index (χ4v) is 2.09. The number of carbonyl (C=O) groups is 1. The Bertz CT molecular complexity index is 644. The van der Waals surface area contributed by atoms with Crippen LogP contribution in [0.15, 0.2) is 24.3 Å². The van der Waals surface area contributed by atoms with Crippen LogP contribution in [-0.2, 0) is 6.42 Å². The van der Waals surface area contributed by atoms with Gasteiger partial charge in [-0.2, -0.15) is 0 Å². The van der Waals surface area contributed by atoms with Crippen molar-refractivity contribution in [1.82, 2.24) is 10.2 Å². The second kappa shape index (κ2) is 5.96. The molecule has 0 amide bonds. The van der Waals surface area contributed by atoms with E-state index < -0.39 is 11.6 Å². The summed E-state index contributed by atoms with van der Waals surface area (Å²) in [6.07, 6.45) is 1.31. The van der Waals surface area contributed by atoms with Crippen molar-refractivity contribution in [3.05, 3.63) is 51.9 Å². The van der Waals surface area contributed by atoms with Gasteiger partial charge in [-0.05, 0) is 30.2 Å². The summed E-state index contributed by atoms with van der Waals surface area (Å²) < 4.78 is 14.4. The van der Waals surface area contributed by atoms with Crippen LogP contribution in [0.3, 0.4) is 0 Å². The normalized spacial score (nSPS) is 10.6. The molecule has 0 radical (unpaired) electrons. The Morgan fingerprint density at radius 3 is 2.65 bits per heavy atom. The van der Waals surface area contributed by atoms with Gasteiger partial charge in [0.15, 0.2) is 0 Å². The summed E-state index contributed by atoms with van der Waals surface area (Å²) in [5.41, 5.74) is 5.70. The number of nitrogen functional groups attached to an aromatic ring is 1. The molecule has 0 unspecified atom stereocenters. The number of hydrogen-bond acceptors (Lipinski definition) is 4. The second-order valence-electron chi connectivity index (χ2n) is 4.32. The average Bonchev–Trinajstić information content (AvgIpc) is 2.43. The largest absolute Gasteiger partial charge is 0.382 e. The SMILES string of the molecule is CCCc1ccc(Cl)c(C(=O)c2ccc(N)nn2)c1F. The lowest BCUT2D eigenvalue weighted by Crippen LogP contribution is -2.10. The number of ketones is 1. The summed E-state index contributed by atoms with van der Waals surface area (Å²) in [7, 11) is 0. The average molecular weight is 294 g/mol. The molecule has 0 saturated carbocycles. The minimum atomic E-state index is -0.599. The van der Waals surface area contributed by atoms with Crippen LogP contribution in [0, 0.1) is 5.82 Å². The van der Waals surface area contributed by atoms with Gasteiger partial charge in [-0.25, -0.2) is 4.39 Å². The Hall–Kier alpha value is -2.01. The van der Waals surface area contributed by atoms with E-state index in [1.165, 1.54) is 18.2 Å². The highest BCUT2D eigenvalue weighted by Gasteiger charge is 2.21. The van der Waals surface area contributed by atoms with Gasteiger partial charge in [0.05, 0.1) is 10.6 Å². The molecule has 2 N–H and O–H groups in total. The zero-order valence-electron chi connectivity index (χ0n) is 10.9. The van der Waals surface area contributed by atoms with E-state index >= 15 is 0 Å². The van der Waals surface area contributed by atoms with Crippen LogP contribution in [-0.4, -0.2) is 16.0 Å². The number of hydrogen-bond donors (Lipinski definition) is 1. The molecule has 1 aromatic heterocycles. The Kier molecular flexibility index (Phi) is 4.29. The van der Waals surface area contributed by atoms with Gasteiger partial charge >= 0.3 is 0 Å². The minimum absolute atomic E-state index is 0.00801. The smallest absolute Gasteiger partial charge is 0.217 e. The summed E-state index contributed by atoms with van der Waals surface area (Å²) in [5.74, 6) is -1.01. The van der Waals surface area contributed by atoms with Crippen LogP contribution in [0.5, 0.6) is 0 Å². The molecule has 104 valence electrons. The molecule has 0 atom stereocenters. The molecule has 0 aliphatic rings. The molecule has 2 rings (SSSR count). The zero-order chi connectivity index (χ0) is 14.7. The molecule has 0 aliphatic heterocycles. The quantitative estimate of drug-likeness (QED) is 0.880. The highest BCUT2D eigenvalue weighted by Crippen LogP contribution is 2.25. The van der Waals surface area contributed by atoms with E-state index in [9.17, 15) is 9.18 Å². The Labute approximate surface area is 120 Å². The van der Waals surface area contributed by atoms with Gasteiger partial charge in [-0.3, -0.25) is 4.79 Å². The van der Waals surface area contributed by atoms with Crippen molar-refractivity contribution in [3.8, 4) is 0 Å². The molecule has 0 spiro atoms. The molecule has 20 heavy (non-hydrogen) atoms. The fraction of sp³-hybridized carbons (Fsp3) is 0.214. The monoisotopic (exact) mass is 293 g/mol. The first-order chi connectivity index (χ1) is 9.54. The maximum atomic E-state index is 14.4. The number of rotatable bonds is 4. The minimum Gasteiger partial charge on any atom is -0.382 e. The topological polar surface area (TPSA) is 68.9 Å². The van der Waals surface area contributed by atoms with E-state index in [2.05, 4.69) is 10.2 Å². The molecular weight excluding hydrogens is 281 g/mol. The van der Waals surface area contributed by atoms with Gasteiger partial charge in [0.2, 0.25) is 5.78 Å². The van der Waals surface area contributed by atoms with Gasteiger partial charge < -0.3 is 5.73 Å². The highest BCUT2D eigenvalue weighted by molar-refractivity contribution is 6.34. The molecule has 1 aromatic carbocycles. The lowest BCUT2D eigenvalue weighted by Gasteiger charge is -2.08. The van der Waals surface area contributed by atoms with Crippen molar-refractivity contribution in [2.45, 2.75) is 19.8 Å². The molecule has 0 fully saturated rings. The van der Waals surface area contributed by atoms with Crippen molar-refractivity contribution in [1.29, 1.82) is 0 Å². The fourth-order valence-electron chi connectivity index (χ4n) is 1.86. The first-order valence-electron chi connectivity index (χ1n) is 6.15. The van der Waals surface area contributed by atoms with E-state index in [1.807, 2.05) is 6.92 Å². The van der Waals surface area contributed by atoms with Gasteiger partial charge in [-0.15, -0.1) is 10.2 Å². The van der Waals surface area contributed by atoms with Crippen LogP contribution in [0.1, 0.15) is 35.0 Å². The van der Waals surface area contributed by atoms with E-state index in [1.54, 1.807) is 6.07 Å². The Balaban J connectivity index is 2.48. The van der Waals surface area contributed by atoms with E-state index in [0.717, 1.165) is 6.42 Å².